The van der Waals surface area contributed by atoms with Gasteiger partial charge in [0.2, 0.25) is 0 Å². The van der Waals surface area contributed by atoms with Crippen LogP contribution in [-0.4, -0.2) is 4.57 Å². The van der Waals surface area contributed by atoms with Crippen molar-refractivity contribution in [2.75, 3.05) is 0 Å². The van der Waals surface area contributed by atoms with E-state index in [0.717, 1.165) is 27.6 Å². The minimum atomic E-state index is 0.911. The van der Waals surface area contributed by atoms with Gasteiger partial charge in [0.05, 0.1) is 11.2 Å². The lowest BCUT2D eigenvalue weighted by Gasteiger charge is -2.16. The summed E-state index contributed by atoms with van der Waals surface area (Å²) in [6.45, 7) is 0. The first-order chi connectivity index (χ1) is 24.8. The van der Waals surface area contributed by atoms with Gasteiger partial charge in [-0.05, 0) is 92.2 Å². The molecule has 0 saturated carbocycles. The first-order valence-electron chi connectivity index (χ1n) is 17.2. The Hall–Kier alpha value is -6.64. The van der Waals surface area contributed by atoms with Gasteiger partial charge in [-0.2, -0.15) is 0 Å². The largest absolute Gasteiger partial charge is 0.456 e. The average Bonchev–Trinajstić information content (AvgIpc) is 3.84. The molecule has 10 aromatic rings. The number of fused-ring (bicyclic) bond motifs is 8. The van der Waals surface area contributed by atoms with Crippen LogP contribution in [0.2, 0.25) is 0 Å². The van der Waals surface area contributed by atoms with Gasteiger partial charge >= 0.3 is 0 Å². The Kier molecular flexibility index (Phi) is 5.70. The lowest BCUT2D eigenvalue weighted by Crippen LogP contribution is -1.98. The molecule has 2 aromatic heterocycles. The van der Waals surface area contributed by atoms with Crippen LogP contribution in [0.5, 0.6) is 0 Å². The lowest BCUT2D eigenvalue weighted by molar-refractivity contribution is 0.669. The summed E-state index contributed by atoms with van der Waals surface area (Å²) in [7, 11) is 0. The van der Waals surface area contributed by atoms with E-state index >= 15 is 0 Å². The van der Waals surface area contributed by atoms with Crippen molar-refractivity contribution in [2.45, 2.75) is 0 Å². The van der Waals surface area contributed by atoms with Crippen LogP contribution in [0.25, 0.3) is 105 Å². The summed E-state index contributed by atoms with van der Waals surface area (Å²) in [5.74, 6) is 0. The molecule has 11 rings (SSSR count). The molecular weight excluding hydrogens is 607 g/mol. The Morgan fingerprint density at radius 3 is 1.78 bits per heavy atom. The van der Waals surface area contributed by atoms with Crippen molar-refractivity contribution in [1.82, 2.24) is 4.57 Å². The second kappa shape index (κ2) is 10.4. The minimum absolute atomic E-state index is 0.911. The molecule has 2 heterocycles. The molecule has 0 bridgehead atoms. The molecule has 1 aliphatic carbocycles. The number of para-hydroxylation sites is 1. The molecule has 0 fully saturated rings. The first-order valence-corrected chi connectivity index (χ1v) is 17.2. The van der Waals surface area contributed by atoms with E-state index in [1.807, 2.05) is 12.1 Å². The summed E-state index contributed by atoms with van der Waals surface area (Å²) in [4.78, 5) is 0. The Morgan fingerprint density at radius 2 is 1.02 bits per heavy atom. The van der Waals surface area contributed by atoms with Gasteiger partial charge in [0.15, 0.2) is 0 Å². The van der Waals surface area contributed by atoms with Crippen LogP contribution in [0.15, 0.2) is 180 Å². The van der Waals surface area contributed by atoms with Crippen LogP contribution in [-0.2, 0) is 0 Å². The topological polar surface area (TPSA) is 18.1 Å². The van der Waals surface area contributed by atoms with Gasteiger partial charge in [-0.1, -0.05) is 133 Å². The molecule has 1 aliphatic rings. The Morgan fingerprint density at radius 1 is 0.380 bits per heavy atom. The number of benzene rings is 8. The van der Waals surface area contributed by atoms with Crippen molar-refractivity contribution in [1.29, 1.82) is 0 Å². The van der Waals surface area contributed by atoms with Crippen molar-refractivity contribution in [3.05, 3.63) is 176 Å². The average molecular weight is 636 g/mol. The second-order valence-electron chi connectivity index (χ2n) is 13.3. The summed E-state index contributed by atoms with van der Waals surface area (Å²) in [6.07, 6.45) is 0. The third-order valence-corrected chi connectivity index (χ3v) is 10.5. The predicted octanol–water partition coefficient (Wildman–Crippen LogP) is 13.3. The van der Waals surface area contributed by atoms with Crippen LogP contribution >= 0.6 is 0 Å². The Labute approximate surface area is 289 Å². The zero-order chi connectivity index (χ0) is 32.8. The van der Waals surface area contributed by atoms with Gasteiger partial charge in [-0.25, -0.2) is 0 Å². The van der Waals surface area contributed by atoms with Gasteiger partial charge in [-0.15, -0.1) is 0 Å². The fourth-order valence-electron chi connectivity index (χ4n) is 8.25. The Balaban J connectivity index is 1.22. The number of aromatic nitrogens is 1. The molecule has 2 nitrogen and oxygen atoms in total. The van der Waals surface area contributed by atoms with Crippen LogP contribution in [0.3, 0.4) is 0 Å². The SMILES string of the molecule is c1ccc(-c2cc(-c3ccccc3)cc(-n3c4c(c5ccc(-c6ccc7oc8ccccc8c7c6)cc53)-c3cccc5cccc-4c35)c2)cc1. The highest BCUT2D eigenvalue weighted by atomic mass is 16.3. The molecule has 0 radical (unpaired) electrons. The van der Waals surface area contributed by atoms with Gasteiger partial charge < -0.3 is 8.98 Å². The van der Waals surface area contributed by atoms with Crippen LogP contribution in [0.1, 0.15) is 0 Å². The second-order valence-corrected chi connectivity index (χ2v) is 13.3. The molecule has 0 aliphatic heterocycles. The van der Waals surface area contributed by atoms with Gasteiger partial charge in [-0.3, -0.25) is 0 Å². The molecule has 0 N–H and O–H groups in total. The van der Waals surface area contributed by atoms with Crippen molar-refractivity contribution in [3.8, 4) is 61.5 Å². The van der Waals surface area contributed by atoms with E-state index in [1.54, 1.807) is 0 Å². The smallest absolute Gasteiger partial charge is 0.135 e. The summed E-state index contributed by atoms with van der Waals surface area (Å²) in [5.41, 5.74) is 16.5. The number of hydrogen-bond acceptors (Lipinski definition) is 1. The molecule has 0 atom stereocenters. The minimum Gasteiger partial charge on any atom is -0.456 e. The van der Waals surface area contributed by atoms with E-state index in [4.69, 9.17) is 4.42 Å². The highest BCUT2D eigenvalue weighted by Crippen LogP contribution is 2.53. The van der Waals surface area contributed by atoms with E-state index in [-0.39, 0.29) is 0 Å². The third-order valence-electron chi connectivity index (χ3n) is 10.5. The monoisotopic (exact) mass is 635 g/mol. The molecule has 0 saturated heterocycles. The molecule has 0 unspecified atom stereocenters. The van der Waals surface area contributed by atoms with Crippen LogP contribution < -0.4 is 0 Å². The van der Waals surface area contributed by atoms with Crippen molar-refractivity contribution in [3.63, 3.8) is 0 Å². The molecular formula is C48H29NO. The normalized spacial score (nSPS) is 12.0. The first kappa shape index (κ1) is 27.3. The maximum Gasteiger partial charge on any atom is 0.135 e. The number of hydrogen-bond donors (Lipinski definition) is 0. The summed E-state index contributed by atoms with van der Waals surface area (Å²) >= 11 is 0. The van der Waals surface area contributed by atoms with E-state index in [0.29, 0.717) is 0 Å². The predicted molar refractivity (Wildman–Crippen MR) is 209 cm³/mol. The van der Waals surface area contributed by atoms with E-state index < -0.39 is 0 Å². The number of furan rings is 1. The van der Waals surface area contributed by atoms with Gasteiger partial charge in [0.25, 0.3) is 0 Å². The van der Waals surface area contributed by atoms with Gasteiger partial charge in [0, 0.05) is 33.0 Å². The zero-order valence-corrected chi connectivity index (χ0v) is 27.1. The summed E-state index contributed by atoms with van der Waals surface area (Å²) in [5, 5.41) is 6.15. The zero-order valence-electron chi connectivity index (χ0n) is 27.1. The molecule has 0 amide bonds. The van der Waals surface area contributed by atoms with E-state index in [2.05, 4.69) is 168 Å². The Bertz CT molecular complexity index is 2900. The fourth-order valence-corrected chi connectivity index (χ4v) is 8.25. The van der Waals surface area contributed by atoms with Gasteiger partial charge in [0.1, 0.15) is 11.2 Å². The molecule has 2 heteroatoms. The van der Waals surface area contributed by atoms with Crippen molar-refractivity contribution < 1.29 is 4.42 Å². The maximum atomic E-state index is 6.18. The summed E-state index contributed by atoms with van der Waals surface area (Å²) < 4.78 is 8.71. The van der Waals surface area contributed by atoms with Crippen LogP contribution in [0, 0.1) is 0 Å². The standard InChI is InChI=1S/C48H29NO/c1-3-11-30(12-4-1)35-25-36(31-13-5-2-6-14-31)27-37(26-35)49-43-29-34(33-22-24-45-42(28-33)38-17-7-8-20-44(38)50-45)21-23-39(43)47-40-18-9-15-32-16-10-19-41(46(32)40)48(47)49/h1-29H. The molecule has 50 heavy (non-hydrogen) atoms. The molecule has 8 aromatic carbocycles. The van der Waals surface area contributed by atoms with Crippen molar-refractivity contribution >= 4 is 43.6 Å². The number of nitrogens with zero attached hydrogens (tertiary/aromatic N) is 1. The highest BCUT2D eigenvalue weighted by Gasteiger charge is 2.30. The van der Waals surface area contributed by atoms with E-state index in [1.165, 1.54) is 77.4 Å². The quantitative estimate of drug-likeness (QED) is 0.188. The van der Waals surface area contributed by atoms with Crippen molar-refractivity contribution in [2.24, 2.45) is 0 Å². The summed E-state index contributed by atoms with van der Waals surface area (Å²) in [6, 6.07) is 63.9. The molecule has 232 valence electrons. The number of rotatable bonds is 4. The fraction of sp³-hybridized carbons (Fsp3) is 0. The third kappa shape index (κ3) is 3.96. The lowest BCUT2D eigenvalue weighted by atomic mass is 9.97. The molecule has 0 spiro atoms. The van der Waals surface area contributed by atoms with E-state index in [9.17, 15) is 0 Å². The maximum absolute atomic E-state index is 6.18. The van der Waals surface area contributed by atoms with Crippen LogP contribution in [0.4, 0.5) is 0 Å². The highest BCUT2D eigenvalue weighted by molar-refractivity contribution is 6.22.